The highest BCUT2D eigenvalue weighted by Gasteiger charge is 2.25. The zero-order valence-electron chi connectivity index (χ0n) is 18.0. The van der Waals surface area contributed by atoms with Gasteiger partial charge in [0.25, 0.3) is 0 Å². The Morgan fingerprint density at radius 1 is 1.18 bits per heavy atom. The van der Waals surface area contributed by atoms with Crippen molar-refractivity contribution in [3.63, 3.8) is 0 Å². The molecule has 1 aromatic carbocycles. The molecule has 0 spiro atoms. The first-order valence-corrected chi connectivity index (χ1v) is 10.1. The molecule has 1 unspecified atom stereocenters. The highest BCUT2D eigenvalue weighted by Crippen LogP contribution is 2.13. The number of nitrogens with zero attached hydrogens (tertiary/aromatic N) is 3. The second kappa shape index (κ2) is 12.6. The molecule has 1 fully saturated rings. The molecular formula is C21H37FIN5. The summed E-state index contributed by atoms with van der Waals surface area (Å²) in [5, 5.41) is 6.80. The lowest BCUT2D eigenvalue weighted by molar-refractivity contribution is 0.0900. The molecule has 28 heavy (non-hydrogen) atoms. The largest absolute Gasteiger partial charge is 0.357 e. The molecule has 1 heterocycles. The van der Waals surface area contributed by atoms with E-state index in [2.05, 4.69) is 53.2 Å². The lowest BCUT2D eigenvalue weighted by atomic mass is 10.0. The molecule has 7 heteroatoms. The molecule has 0 radical (unpaired) electrons. The Morgan fingerprint density at radius 3 is 2.43 bits per heavy atom. The third-order valence-electron chi connectivity index (χ3n) is 5.26. The van der Waals surface area contributed by atoms with E-state index < -0.39 is 0 Å². The van der Waals surface area contributed by atoms with Crippen LogP contribution in [0, 0.1) is 18.7 Å². The van der Waals surface area contributed by atoms with Crippen molar-refractivity contribution < 1.29 is 4.39 Å². The van der Waals surface area contributed by atoms with Crippen molar-refractivity contribution in [3.05, 3.63) is 35.1 Å². The lowest BCUT2D eigenvalue weighted by Crippen LogP contribution is -2.55. The maximum atomic E-state index is 13.7. The number of likely N-dealkylation sites (N-methyl/N-ethyl adjacent to an activating group) is 1. The normalized spacial score (nSPS) is 17.3. The van der Waals surface area contributed by atoms with Gasteiger partial charge in [-0.2, -0.15) is 0 Å². The van der Waals surface area contributed by atoms with Crippen molar-refractivity contribution in [2.75, 3.05) is 46.3 Å². The number of aliphatic imine (C=N–C) groups is 1. The summed E-state index contributed by atoms with van der Waals surface area (Å²) in [7, 11) is 2.18. The minimum Gasteiger partial charge on any atom is -0.357 e. The van der Waals surface area contributed by atoms with Crippen molar-refractivity contribution in [2.45, 2.75) is 40.3 Å². The lowest BCUT2D eigenvalue weighted by Gasteiger charge is -2.40. The quantitative estimate of drug-likeness (QED) is 0.340. The van der Waals surface area contributed by atoms with Crippen LogP contribution in [0.15, 0.2) is 23.2 Å². The summed E-state index contributed by atoms with van der Waals surface area (Å²) in [4.78, 5) is 9.61. The average molecular weight is 505 g/mol. The first kappa shape index (κ1) is 25.1. The van der Waals surface area contributed by atoms with E-state index in [4.69, 9.17) is 0 Å². The molecule has 160 valence electrons. The minimum atomic E-state index is -0.171. The van der Waals surface area contributed by atoms with Gasteiger partial charge in [0.15, 0.2) is 5.96 Å². The van der Waals surface area contributed by atoms with Crippen LogP contribution >= 0.6 is 24.0 Å². The van der Waals surface area contributed by atoms with Crippen LogP contribution in [0.3, 0.4) is 0 Å². The zero-order valence-corrected chi connectivity index (χ0v) is 20.3. The van der Waals surface area contributed by atoms with Gasteiger partial charge >= 0.3 is 0 Å². The van der Waals surface area contributed by atoms with Crippen LogP contribution in [-0.2, 0) is 6.54 Å². The van der Waals surface area contributed by atoms with Crippen molar-refractivity contribution >= 4 is 29.9 Å². The third-order valence-corrected chi connectivity index (χ3v) is 5.26. The summed E-state index contributed by atoms with van der Waals surface area (Å²) in [5.41, 5.74) is 1.55. The Kier molecular flexibility index (Phi) is 11.3. The molecule has 1 saturated heterocycles. The van der Waals surface area contributed by atoms with Crippen LogP contribution in [0.1, 0.15) is 31.9 Å². The summed E-state index contributed by atoms with van der Waals surface area (Å²) in [6.07, 6.45) is 0. The summed E-state index contributed by atoms with van der Waals surface area (Å²) >= 11 is 0. The van der Waals surface area contributed by atoms with Crippen molar-refractivity contribution in [3.8, 4) is 0 Å². The molecule has 2 N–H and O–H groups in total. The van der Waals surface area contributed by atoms with E-state index in [9.17, 15) is 4.39 Å². The third kappa shape index (κ3) is 7.83. The molecule has 0 aromatic heterocycles. The van der Waals surface area contributed by atoms with Gasteiger partial charge in [-0.25, -0.2) is 9.38 Å². The first-order valence-electron chi connectivity index (χ1n) is 10.1. The molecule has 1 aliphatic rings. The smallest absolute Gasteiger partial charge is 0.191 e. The van der Waals surface area contributed by atoms with E-state index in [0.717, 1.165) is 50.8 Å². The van der Waals surface area contributed by atoms with E-state index in [1.807, 2.05) is 12.1 Å². The summed E-state index contributed by atoms with van der Waals surface area (Å²) < 4.78 is 13.7. The number of halogens is 2. The van der Waals surface area contributed by atoms with Gasteiger partial charge in [-0.1, -0.05) is 26.0 Å². The fourth-order valence-electron chi connectivity index (χ4n) is 3.39. The van der Waals surface area contributed by atoms with Gasteiger partial charge in [0, 0.05) is 45.3 Å². The van der Waals surface area contributed by atoms with Crippen LogP contribution in [0.2, 0.25) is 0 Å². The number of rotatable bonds is 7. The molecule has 2 rings (SSSR count). The highest BCUT2D eigenvalue weighted by atomic mass is 127. The van der Waals surface area contributed by atoms with E-state index in [1.165, 1.54) is 0 Å². The van der Waals surface area contributed by atoms with Gasteiger partial charge < -0.3 is 15.5 Å². The minimum absolute atomic E-state index is 0. The molecule has 0 amide bonds. The van der Waals surface area contributed by atoms with Gasteiger partial charge in [0.1, 0.15) is 5.82 Å². The molecular weight excluding hydrogens is 468 g/mol. The maximum absolute atomic E-state index is 13.7. The molecule has 0 saturated carbocycles. The van der Waals surface area contributed by atoms with Crippen molar-refractivity contribution in [1.82, 2.24) is 20.4 Å². The van der Waals surface area contributed by atoms with Gasteiger partial charge in [-0.15, -0.1) is 24.0 Å². The summed E-state index contributed by atoms with van der Waals surface area (Å²) in [6, 6.07) is 5.79. The van der Waals surface area contributed by atoms with Gasteiger partial charge in [0.2, 0.25) is 0 Å². The fourth-order valence-corrected chi connectivity index (χ4v) is 3.39. The maximum Gasteiger partial charge on any atom is 0.191 e. The predicted octanol–water partition coefficient (Wildman–Crippen LogP) is 3.08. The van der Waals surface area contributed by atoms with Crippen LogP contribution < -0.4 is 10.6 Å². The standard InChI is InChI=1S/C21H36FN5.HI/c1-6-23-21(24-14-18-8-7-17(4)19(22)13-18)25-15-20(16(2)3)27-11-9-26(5)10-12-27;/h7-8,13,16,20H,6,9-12,14-15H2,1-5H3,(H2,23,24,25);1H. The topological polar surface area (TPSA) is 42.9 Å². The molecule has 1 atom stereocenters. The molecule has 5 nitrogen and oxygen atoms in total. The highest BCUT2D eigenvalue weighted by molar-refractivity contribution is 14.0. The molecule has 1 aliphatic heterocycles. The Hall–Kier alpha value is -0.930. The van der Waals surface area contributed by atoms with Crippen LogP contribution in [0.5, 0.6) is 0 Å². The Morgan fingerprint density at radius 2 is 1.86 bits per heavy atom. The average Bonchev–Trinajstić information content (AvgIpc) is 2.63. The molecule has 0 aliphatic carbocycles. The first-order chi connectivity index (χ1) is 12.9. The van der Waals surface area contributed by atoms with Crippen molar-refractivity contribution in [1.29, 1.82) is 0 Å². The van der Waals surface area contributed by atoms with Gasteiger partial charge in [-0.3, -0.25) is 4.90 Å². The number of piperazine rings is 1. The zero-order chi connectivity index (χ0) is 19.8. The molecule has 1 aromatic rings. The summed E-state index contributed by atoms with van der Waals surface area (Å²) in [6.45, 7) is 15.0. The Labute approximate surface area is 187 Å². The Bertz CT molecular complexity index is 615. The van der Waals surface area contributed by atoms with Gasteiger partial charge in [0.05, 0.1) is 6.54 Å². The number of guanidine groups is 1. The number of hydrogen-bond donors (Lipinski definition) is 2. The van der Waals surface area contributed by atoms with E-state index in [-0.39, 0.29) is 29.8 Å². The SMILES string of the molecule is CCNC(=NCc1ccc(C)c(F)c1)NCC(C(C)C)N1CCN(C)CC1.I. The summed E-state index contributed by atoms with van der Waals surface area (Å²) in [5.74, 6) is 1.18. The number of benzene rings is 1. The second-order valence-corrected chi connectivity index (χ2v) is 7.81. The van der Waals surface area contributed by atoms with Crippen LogP contribution in [-0.4, -0.2) is 68.1 Å². The Balaban J connectivity index is 0.00000392. The van der Waals surface area contributed by atoms with E-state index in [1.54, 1.807) is 13.0 Å². The molecule has 0 bridgehead atoms. The number of nitrogens with one attached hydrogen (secondary N) is 2. The second-order valence-electron chi connectivity index (χ2n) is 7.81. The number of aryl methyl sites for hydroxylation is 1. The van der Waals surface area contributed by atoms with Gasteiger partial charge in [-0.05, 0) is 44.0 Å². The van der Waals surface area contributed by atoms with E-state index in [0.29, 0.717) is 24.1 Å². The van der Waals surface area contributed by atoms with E-state index >= 15 is 0 Å². The van der Waals surface area contributed by atoms with Crippen LogP contribution in [0.25, 0.3) is 0 Å². The van der Waals surface area contributed by atoms with Crippen molar-refractivity contribution in [2.24, 2.45) is 10.9 Å². The monoisotopic (exact) mass is 505 g/mol. The number of hydrogen-bond acceptors (Lipinski definition) is 3. The predicted molar refractivity (Wildman–Crippen MR) is 127 cm³/mol. The fraction of sp³-hybridized carbons (Fsp3) is 0.667. The van der Waals surface area contributed by atoms with Crippen LogP contribution in [0.4, 0.5) is 4.39 Å².